The molecule has 0 spiro atoms. The Balaban J connectivity index is -0.000000803. The van der Waals surface area contributed by atoms with E-state index in [4.69, 9.17) is 19.3 Å². The predicted octanol–water partition coefficient (Wildman–Crippen LogP) is 4.71. The van der Waals surface area contributed by atoms with E-state index in [9.17, 15) is 29.1 Å². The van der Waals surface area contributed by atoms with Crippen LogP contribution in [0.4, 0.5) is 9.59 Å². The summed E-state index contributed by atoms with van der Waals surface area (Å²) >= 11 is 0. The molecular weight excluding hydrogens is 739 g/mol. The molecule has 2 aromatic rings. The molecular formula is C44H65LiN2O11. The molecule has 0 aliphatic heterocycles. The zero-order valence-electron chi connectivity index (χ0n) is 36.9. The van der Waals surface area contributed by atoms with Crippen molar-refractivity contribution in [3.63, 3.8) is 0 Å². The summed E-state index contributed by atoms with van der Waals surface area (Å²) in [5.41, 5.74) is 0.535. The predicted molar refractivity (Wildman–Crippen MR) is 218 cm³/mol. The van der Waals surface area contributed by atoms with Crippen LogP contribution in [0, 0.1) is 23.7 Å². The number of hydrogen-bond acceptors (Lipinski definition) is 10. The third-order valence-electron chi connectivity index (χ3n) is 7.44. The van der Waals surface area contributed by atoms with E-state index >= 15 is 0 Å². The van der Waals surface area contributed by atoms with Crippen LogP contribution in [-0.4, -0.2) is 58.3 Å². The molecule has 318 valence electrons. The average Bonchev–Trinajstić information content (AvgIpc) is 3.13. The molecule has 14 heteroatoms. The Kier molecular flexibility index (Phi) is 30.8. The van der Waals surface area contributed by atoms with Crippen molar-refractivity contribution in [2.24, 2.45) is 11.8 Å². The second-order valence-corrected chi connectivity index (χ2v) is 14.8. The minimum Gasteiger partial charge on any atom is -0.609 e. The summed E-state index contributed by atoms with van der Waals surface area (Å²) in [7, 11) is 0. The van der Waals surface area contributed by atoms with Crippen LogP contribution < -0.4 is 34.6 Å². The van der Waals surface area contributed by atoms with Crippen molar-refractivity contribution >= 4 is 29.9 Å². The second-order valence-electron chi connectivity index (χ2n) is 14.8. The van der Waals surface area contributed by atoms with E-state index in [0.717, 1.165) is 11.1 Å². The van der Waals surface area contributed by atoms with Crippen LogP contribution in [0.1, 0.15) is 113 Å². The van der Waals surface area contributed by atoms with Gasteiger partial charge in [-0.15, -0.1) is 11.8 Å². The van der Waals surface area contributed by atoms with Crippen LogP contribution in [0.3, 0.4) is 0 Å². The summed E-state index contributed by atoms with van der Waals surface area (Å²) in [5, 5.41) is 24.2. The zero-order chi connectivity index (χ0) is 44.2. The molecule has 3 N–H and O–H groups in total. The molecule has 58 heavy (non-hydrogen) atoms. The van der Waals surface area contributed by atoms with Gasteiger partial charge in [0.05, 0.1) is 6.04 Å². The Morgan fingerprint density at radius 2 is 1.07 bits per heavy atom. The van der Waals surface area contributed by atoms with E-state index in [1.165, 1.54) is 0 Å². The normalized spacial score (nSPS) is 12.1. The van der Waals surface area contributed by atoms with Gasteiger partial charge in [-0.3, -0.25) is 9.59 Å². The summed E-state index contributed by atoms with van der Waals surface area (Å²) in [6.45, 7) is 25.0. The third-order valence-corrected chi connectivity index (χ3v) is 7.44. The van der Waals surface area contributed by atoms with Crippen LogP contribution in [0.2, 0.25) is 0 Å². The number of alkyl carbamates (subject to hydrolysis) is 2. The average molecular weight is 805 g/mol. The van der Waals surface area contributed by atoms with E-state index in [-0.39, 0.29) is 43.1 Å². The van der Waals surface area contributed by atoms with Gasteiger partial charge in [-0.25, -0.2) is 14.4 Å². The number of nitrogens with one attached hydrogen (secondary N) is 2. The maximum absolute atomic E-state index is 12.5. The first-order valence-electron chi connectivity index (χ1n) is 18.8. The van der Waals surface area contributed by atoms with Gasteiger partial charge in [-0.05, 0) is 78.4 Å². The summed E-state index contributed by atoms with van der Waals surface area (Å²) in [6.07, 6.45) is -0.413. The van der Waals surface area contributed by atoms with Crippen molar-refractivity contribution in [3.05, 3.63) is 84.3 Å². The fraction of sp³-hybridized carbons (Fsp3) is 0.523. The molecule has 0 radical (unpaired) electrons. The largest absolute Gasteiger partial charge is 1.00 e. The number of hydrogen-bond donors (Lipinski definition) is 3. The first kappa shape index (κ1) is 57.4. The molecule has 2 aromatic carbocycles. The number of carboxylic acid groups (broad SMARTS) is 1. The Morgan fingerprint density at radius 1 is 0.707 bits per heavy atom. The first-order chi connectivity index (χ1) is 26.5. The van der Waals surface area contributed by atoms with Gasteiger partial charge in [-0.2, -0.15) is 0 Å². The molecule has 0 heterocycles. The standard InChI is InChI=1S/C20H29NO5.C11H21NO4.C9H10O2.C4H6.Li/c1-6-14(2)18(21-19(24)26-20(3,4)5)16(22)12-17(23)25-13-15-10-8-7-9-11-15;1-6-7(2)8(9(13)14)12-10(15)16-11(3,4)5;1-8(10)11-7-9-5-3-2-4-6-9;1-3-4-2;/h7-11,14,18H,6,12-13H2,1-5H3,(H,21,24);7-8H,6H2,1-5H3,(H,12,15)(H,13,14);2-6,10H,1,7H2;1-2H3;/q;;;;+1/p-1/t14-,18+;7-,8+;;;/m00.../s1. The number of carbonyl (C=O) groups is 5. The van der Waals surface area contributed by atoms with Crippen LogP contribution in [0.15, 0.2) is 73.2 Å². The maximum Gasteiger partial charge on any atom is 1.00 e. The monoisotopic (exact) mass is 804 g/mol. The van der Waals surface area contributed by atoms with Crippen molar-refractivity contribution in [2.75, 3.05) is 0 Å². The Labute approximate surface area is 358 Å². The Hall–Kier alpha value is -4.91. The molecule has 0 bridgehead atoms. The number of rotatable bonds is 15. The molecule has 2 amide bonds. The van der Waals surface area contributed by atoms with Gasteiger partial charge >= 0.3 is 43.0 Å². The van der Waals surface area contributed by atoms with E-state index in [2.05, 4.69) is 33.8 Å². The molecule has 0 saturated heterocycles. The number of esters is 1. The summed E-state index contributed by atoms with van der Waals surface area (Å²) in [4.78, 5) is 58.8. The minimum atomic E-state index is -1.04. The Morgan fingerprint density at radius 3 is 1.40 bits per heavy atom. The number of aliphatic carboxylic acids is 1. The van der Waals surface area contributed by atoms with Crippen molar-refractivity contribution in [1.29, 1.82) is 0 Å². The number of ketones is 1. The molecule has 4 atom stereocenters. The van der Waals surface area contributed by atoms with Crippen molar-refractivity contribution < 1.29 is 72.0 Å². The topological polar surface area (TPSA) is 190 Å². The van der Waals surface area contributed by atoms with Crippen molar-refractivity contribution in [3.8, 4) is 11.8 Å². The van der Waals surface area contributed by atoms with Crippen molar-refractivity contribution in [1.82, 2.24) is 10.6 Å². The molecule has 0 aromatic heterocycles. The van der Waals surface area contributed by atoms with E-state index in [1.54, 1.807) is 48.5 Å². The van der Waals surface area contributed by atoms with Crippen LogP contribution >= 0.6 is 0 Å². The van der Waals surface area contributed by atoms with Crippen molar-refractivity contribution in [2.45, 2.75) is 139 Å². The van der Waals surface area contributed by atoms with Gasteiger partial charge in [-0.1, -0.05) is 108 Å². The SMILES string of the molecule is C=C([O-])OCc1ccccc1.CC#CC.CC[C@H](C)[C@@H](NC(=O)OC(C)(C)C)C(=O)CC(=O)OCc1ccccc1.CC[C@H](C)[C@@H](NC(=O)OC(C)(C)C)C(=O)O.[Li+]. The van der Waals surface area contributed by atoms with Gasteiger partial charge in [0.1, 0.15) is 30.3 Å². The zero-order valence-corrected chi connectivity index (χ0v) is 36.9. The maximum atomic E-state index is 12.5. The van der Waals surface area contributed by atoms with Gasteiger partial charge < -0.3 is 39.8 Å². The molecule has 2 rings (SSSR count). The number of ether oxygens (including phenoxy) is 4. The smallest absolute Gasteiger partial charge is 0.609 e. The molecule has 0 aliphatic carbocycles. The second kappa shape index (κ2) is 31.1. The van der Waals surface area contributed by atoms with Crippen LogP contribution in [0.25, 0.3) is 0 Å². The summed E-state index contributed by atoms with van der Waals surface area (Å²) < 4.78 is 20.0. The minimum absolute atomic E-state index is 0. The van der Waals surface area contributed by atoms with Gasteiger partial charge in [0.15, 0.2) is 5.78 Å². The van der Waals surface area contributed by atoms with E-state index in [1.807, 2.05) is 95.3 Å². The third kappa shape index (κ3) is 31.2. The summed E-state index contributed by atoms with van der Waals surface area (Å²) in [6, 6.07) is 17.0. The van der Waals surface area contributed by atoms with Gasteiger partial charge in [0.2, 0.25) is 0 Å². The Bertz CT molecular complexity index is 1550. The van der Waals surface area contributed by atoms with E-state index < -0.39 is 59.8 Å². The number of amides is 2. The number of Topliss-reactive ketones (excluding diaryl/α,β-unsaturated/α-hetero) is 1. The van der Waals surface area contributed by atoms with Gasteiger partial charge in [0.25, 0.3) is 0 Å². The van der Waals surface area contributed by atoms with Crippen LogP contribution in [0.5, 0.6) is 0 Å². The number of carbonyl (C=O) groups excluding carboxylic acids is 4. The van der Waals surface area contributed by atoms with Gasteiger partial charge in [0, 0.05) is 12.6 Å². The van der Waals surface area contributed by atoms with Crippen LogP contribution in [-0.2, 0) is 46.5 Å². The fourth-order valence-corrected chi connectivity index (χ4v) is 4.11. The van der Waals surface area contributed by atoms with E-state index in [0.29, 0.717) is 19.4 Å². The number of carboxylic acids is 1. The molecule has 0 aliphatic rings. The molecule has 0 saturated carbocycles. The number of benzene rings is 2. The molecule has 13 nitrogen and oxygen atoms in total. The fourth-order valence-electron chi connectivity index (χ4n) is 4.11. The first-order valence-corrected chi connectivity index (χ1v) is 18.8. The quantitative estimate of drug-likeness (QED) is 0.0565. The molecule has 0 unspecified atom stereocenters. The molecule has 0 fully saturated rings. The summed E-state index contributed by atoms with van der Waals surface area (Å²) in [5.74, 6) is 2.57.